The zero-order chi connectivity index (χ0) is 20.1. The highest BCUT2D eigenvalue weighted by molar-refractivity contribution is 7.92. The molecule has 0 atom stereocenters. The number of oxime groups is 1. The van der Waals surface area contributed by atoms with Crippen LogP contribution in [-0.2, 0) is 24.2 Å². The monoisotopic (exact) mass is 443 g/mol. The van der Waals surface area contributed by atoms with Crippen molar-refractivity contribution >= 4 is 49.5 Å². The number of carbonyl (C=O) groups is 1. The van der Waals surface area contributed by atoms with E-state index < -0.39 is 15.7 Å². The van der Waals surface area contributed by atoms with Gasteiger partial charge in [-0.25, -0.2) is 13.4 Å². The zero-order valence-electron chi connectivity index (χ0n) is 14.9. The van der Waals surface area contributed by atoms with Crippen LogP contribution in [0.5, 0.6) is 0 Å². The highest BCUT2D eigenvalue weighted by Crippen LogP contribution is 2.33. The quantitative estimate of drug-likeness (QED) is 0.363. The second kappa shape index (κ2) is 8.99. The average molecular weight is 444 g/mol. The van der Waals surface area contributed by atoms with Gasteiger partial charge >= 0.3 is 0 Å². The minimum atomic E-state index is -3.31. The van der Waals surface area contributed by atoms with Crippen LogP contribution in [0.25, 0.3) is 0 Å². The number of methoxy groups -OCH3 is 1. The van der Waals surface area contributed by atoms with E-state index in [2.05, 4.69) is 15.5 Å². The Kier molecular flexibility index (Phi) is 6.65. The number of nitrogens with one attached hydrogen (secondary N) is 1. The number of halogens is 1. The minimum Gasteiger partial charge on any atom is -0.393 e. The SMILES string of the molecule is COCCO/N=C(/C(=O)Nc1ncc(Cl)s1)c1ccc(S(=O)(=O)C2CC2)cc1. The molecule has 2 aromatic rings. The van der Waals surface area contributed by atoms with Gasteiger partial charge in [-0.2, -0.15) is 0 Å². The van der Waals surface area contributed by atoms with Gasteiger partial charge in [0.2, 0.25) is 0 Å². The van der Waals surface area contributed by atoms with Crippen molar-refractivity contribution in [1.82, 2.24) is 4.98 Å². The Morgan fingerprint density at radius 1 is 1.32 bits per heavy atom. The topological polar surface area (TPSA) is 107 Å². The van der Waals surface area contributed by atoms with Crippen LogP contribution in [0.4, 0.5) is 5.13 Å². The number of thiazole rings is 1. The molecule has 1 aliphatic rings. The average Bonchev–Trinajstić information content (AvgIpc) is 3.46. The zero-order valence-corrected chi connectivity index (χ0v) is 17.3. The summed E-state index contributed by atoms with van der Waals surface area (Å²) in [5.41, 5.74) is 0.394. The first kappa shape index (κ1) is 20.7. The lowest BCUT2D eigenvalue weighted by molar-refractivity contribution is -0.110. The predicted octanol–water partition coefficient (Wildman–Crippen LogP) is 2.74. The summed E-state index contributed by atoms with van der Waals surface area (Å²) in [6.07, 6.45) is 2.79. The van der Waals surface area contributed by atoms with Crippen molar-refractivity contribution in [3.05, 3.63) is 40.4 Å². The molecule has 1 heterocycles. The molecule has 0 saturated heterocycles. The number of anilines is 1. The van der Waals surface area contributed by atoms with Crippen molar-refractivity contribution in [1.29, 1.82) is 0 Å². The third-order valence-electron chi connectivity index (χ3n) is 3.87. The molecular formula is C17H18ClN3O5S2. The van der Waals surface area contributed by atoms with Gasteiger partial charge < -0.3 is 9.57 Å². The second-order valence-corrected chi connectivity index (χ2v) is 9.85. The highest BCUT2D eigenvalue weighted by Gasteiger charge is 2.36. The number of ether oxygens (including phenoxy) is 1. The smallest absolute Gasteiger partial charge is 0.280 e. The van der Waals surface area contributed by atoms with E-state index in [-0.39, 0.29) is 22.5 Å². The van der Waals surface area contributed by atoms with Gasteiger partial charge in [0.25, 0.3) is 5.91 Å². The summed E-state index contributed by atoms with van der Waals surface area (Å²) in [5, 5.41) is 6.50. The van der Waals surface area contributed by atoms with Gasteiger partial charge in [0, 0.05) is 12.7 Å². The summed E-state index contributed by atoms with van der Waals surface area (Å²) in [4.78, 5) is 22.0. The van der Waals surface area contributed by atoms with Crippen molar-refractivity contribution in [2.45, 2.75) is 23.0 Å². The Morgan fingerprint density at radius 2 is 2.04 bits per heavy atom. The maximum Gasteiger partial charge on any atom is 0.280 e. The van der Waals surface area contributed by atoms with E-state index in [0.29, 0.717) is 34.5 Å². The molecule has 0 bridgehead atoms. The Labute approximate surface area is 171 Å². The van der Waals surface area contributed by atoms with E-state index in [9.17, 15) is 13.2 Å². The van der Waals surface area contributed by atoms with Gasteiger partial charge in [-0.1, -0.05) is 40.2 Å². The second-order valence-electron chi connectivity index (χ2n) is 5.96. The predicted molar refractivity (Wildman–Crippen MR) is 107 cm³/mol. The number of amides is 1. The number of rotatable bonds is 9. The summed E-state index contributed by atoms with van der Waals surface area (Å²) in [6, 6.07) is 6.01. The fourth-order valence-electron chi connectivity index (χ4n) is 2.30. The number of sulfone groups is 1. The normalized spacial score (nSPS) is 14.7. The maximum absolute atomic E-state index is 12.6. The van der Waals surface area contributed by atoms with E-state index >= 15 is 0 Å². The van der Waals surface area contributed by atoms with E-state index in [0.717, 1.165) is 11.3 Å². The molecule has 1 aliphatic carbocycles. The van der Waals surface area contributed by atoms with Gasteiger partial charge in [-0.05, 0) is 25.0 Å². The first-order valence-corrected chi connectivity index (χ1v) is 11.1. The van der Waals surface area contributed by atoms with Gasteiger partial charge in [-0.15, -0.1) is 0 Å². The molecule has 0 unspecified atom stereocenters. The third-order valence-corrected chi connectivity index (χ3v) is 7.18. The summed E-state index contributed by atoms with van der Waals surface area (Å²) >= 11 is 6.93. The summed E-state index contributed by atoms with van der Waals surface area (Å²) in [6.45, 7) is 0.462. The lowest BCUT2D eigenvalue weighted by Gasteiger charge is -2.08. The molecule has 1 amide bonds. The fourth-order valence-corrected chi connectivity index (χ4v) is 4.76. The largest absolute Gasteiger partial charge is 0.393 e. The van der Waals surface area contributed by atoms with Gasteiger partial charge in [0.15, 0.2) is 20.7 Å². The molecule has 1 fully saturated rings. The maximum atomic E-state index is 12.6. The molecule has 1 aromatic carbocycles. The summed E-state index contributed by atoms with van der Waals surface area (Å²) < 4.78 is 30.0. The molecule has 0 radical (unpaired) electrons. The van der Waals surface area contributed by atoms with Crippen LogP contribution < -0.4 is 5.32 Å². The van der Waals surface area contributed by atoms with Crippen LogP contribution in [-0.4, -0.2) is 50.6 Å². The first-order chi connectivity index (χ1) is 13.4. The fraction of sp³-hybridized carbons (Fsp3) is 0.353. The number of hydrogen-bond donors (Lipinski definition) is 1. The van der Waals surface area contributed by atoms with E-state index in [1.54, 1.807) is 0 Å². The van der Waals surface area contributed by atoms with Crippen molar-refractivity contribution in [2.75, 3.05) is 25.6 Å². The van der Waals surface area contributed by atoms with Crippen LogP contribution in [0.1, 0.15) is 18.4 Å². The van der Waals surface area contributed by atoms with Crippen LogP contribution in [0.15, 0.2) is 40.5 Å². The Bertz CT molecular complexity index is 969. The molecule has 11 heteroatoms. The van der Waals surface area contributed by atoms with Crippen LogP contribution in [0, 0.1) is 0 Å². The molecule has 0 aliphatic heterocycles. The lowest BCUT2D eigenvalue weighted by atomic mass is 10.1. The van der Waals surface area contributed by atoms with Gasteiger partial charge in [0.05, 0.1) is 22.9 Å². The van der Waals surface area contributed by atoms with Crippen LogP contribution in [0.2, 0.25) is 4.34 Å². The van der Waals surface area contributed by atoms with Crippen molar-refractivity contribution in [3.63, 3.8) is 0 Å². The van der Waals surface area contributed by atoms with E-state index in [1.807, 2.05) is 0 Å². The van der Waals surface area contributed by atoms with Crippen molar-refractivity contribution < 1.29 is 22.8 Å². The van der Waals surface area contributed by atoms with E-state index in [1.165, 1.54) is 37.6 Å². The molecule has 3 rings (SSSR count). The van der Waals surface area contributed by atoms with Crippen LogP contribution in [0.3, 0.4) is 0 Å². The molecule has 150 valence electrons. The molecule has 8 nitrogen and oxygen atoms in total. The highest BCUT2D eigenvalue weighted by atomic mass is 35.5. The molecular weight excluding hydrogens is 426 g/mol. The number of benzene rings is 1. The number of carbonyl (C=O) groups excluding carboxylic acids is 1. The Balaban J connectivity index is 1.82. The molecule has 1 N–H and O–H groups in total. The Hall–Kier alpha value is -2.01. The molecule has 1 aromatic heterocycles. The summed E-state index contributed by atoms with van der Waals surface area (Å²) in [7, 11) is -1.79. The van der Waals surface area contributed by atoms with Gasteiger partial charge in [-0.3, -0.25) is 10.1 Å². The Morgan fingerprint density at radius 3 is 2.61 bits per heavy atom. The molecule has 1 saturated carbocycles. The van der Waals surface area contributed by atoms with Crippen molar-refractivity contribution in [2.24, 2.45) is 5.16 Å². The molecule has 28 heavy (non-hydrogen) atoms. The van der Waals surface area contributed by atoms with Crippen molar-refractivity contribution in [3.8, 4) is 0 Å². The number of nitrogens with zero attached hydrogens (tertiary/aromatic N) is 2. The third kappa shape index (κ3) is 5.07. The van der Waals surface area contributed by atoms with Gasteiger partial charge in [0.1, 0.15) is 10.9 Å². The van der Waals surface area contributed by atoms with E-state index in [4.69, 9.17) is 21.2 Å². The minimum absolute atomic E-state index is 0.0159. The van der Waals surface area contributed by atoms with Crippen LogP contribution >= 0.6 is 22.9 Å². The standard InChI is InChI=1S/C17H18ClN3O5S2/c1-25-8-9-26-21-15(16(22)20-17-19-10-14(18)27-17)11-2-4-12(5-3-11)28(23,24)13-6-7-13/h2-5,10,13H,6-9H2,1H3,(H,19,20,22)/b21-15+. The summed E-state index contributed by atoms with van der Waals surface area (Å²) in [5.74, 6) is -0.554. The molecule has 0 spiro atoms. The number of hydrogen-bond acceptors (Lipinski definition) is 8. The lowest BCUT2D eigenvalue weighted by Crippen LogP contribution is -2.24. The number of aromatic nitrogens is 1. The first-order valence-electron chi connectivity index (χ1n) is 8.37.